The fraction of sp³-hybridized carbons (Fsp3) is 0.407. The first kappa shape index (κ1) is 26.7. The zero-order chi connectivity index (χ0) is 26.1. The number of cyclic esters (lactones) is 1. The molecule has 0 bridgehead atoms. The number of carbonyl (C=O) groups is 4. The van der Waals surface area contributed by atoms with E-state index in [9.17, 15) is 19.2 Å². The van der Waals surface area contributed by atoms with Crippen LogP contribution in [0.2, 0.25) is 0 Å². The average Bonchev–Trinajstić information content (AvgIpc) is 3.19. The standard InChI is InChI=1S/C27H32N2O7/c1-27(2,3)36-23(30)15-21(16-28-25(32)34-17-20-12-8-5-9-13-20)24(31)29-22(18-35-26(29)33)14-19-10-6-4-7-11-19/h4-13,21-22H,14-18H2,1-3H3,(H,28,32)/t21-,22+/m0/s1. The molecule has 1 aliphatic rings. The maximum Gasteiger partial charge on any atom is 0.416 e. The second-order valence-electron chi connectivity index (χ2n) is 9.56. The lowest BCUT2D eigenvalue weighted by Gasteiger charge is -2.26. The number of amides is 3. The van der Waals surface area contributed by atoms with Gasteiger partial charge in [-0.05, 0) is 38.3 Å². The largest absolute Gasteiger partial charge is 0.460 e. The molecule has 1 N–H and O–H groups in total. The molecule has 0 unspecified atom stereocenters. The van der Waals surface area contributed by atoms with Crippen molar-refractivity contribution < 1.29 is 33.4 Å². The minimum atomic E-state index is -1.05. The Morgan fingerprint density at radius 2 is 1.64 bits per heavy atom. The normalized spacial score (nSPS) is 16.1. The number of carbonyl (C=O) groups excluding carboxylic acids is 4. The van der Waals surface area contributed by atoms with Crippen LogP contribution in [0.1, 0.15) is 38.3 Å². The molecular formula is C27H32N2O7. The number of nitrogens with zero attached hydrogens (tertiary/aromatic N) is 1. The number of imide groups is 1. The molecule has 1 aliphatic heterocycles. The quantitative estimate of drug-likeness (QED) is 0.415. The lowest BCUT2D eigenvalue weighted by Crippen LogP contribution is -2.47. The molecule has 9 heteroatoms. The molecule has 0 aliphatic carbocycles. The van der Waals surface area contributed by atoms with Crippen molar-refractivity contribution in [2.75, 3.05) is 13.2 Å². The van der Waals surface area contributed by atoms with Gasteiger partial charge >= 0.3 is 18.2 Å². The summed E-state index contributed by atoms with van der Waals surface area (Å²) in [5.41, 5.74) is 0.984. The summed E-state index contributed by atoms with van der Waals surface area (Å²) in [6, 6.07) is 18.0. The van der Waals surface area contributed by atoms with Crippen LogP contribution >= 0.6 is 0 Å². The van der Waals surface area contributed by atoms with Crippen molar-refractivity contribution >= 4 is 24.1 Å². The van der Waals surface area contributed by atoms with E-state index in [4.69, 9.17) is 14.2 Å². The summed E-state index contributed by atoms with van der Waals surface area (Å²) in [6.07, 6.45) is -1.44. The molecule has 2 atom stereocenters. The fourth-order valence-electron chi connectivity index (χ4n) is 3.78. The van der Waals surface area contributed by atoms with Crippen LogP contribution in [0, 0.1) is 5.92 Å². The van der Waals surface area contributed by atoms with Crippen LogP contribution in [-0.2, 0) is 36.8 Å². The Labute approximate surface area is 210 Å². The van der Waals surface area contributed by atoms with Gasteiger partial charge in [-0.3, -0.25) is 9.59 Å². The molecule has 0 saturated carbocycles. The molecule has 1 heterocycles. The Morgan fingerprint density at radius 1 is 1.03 bits per heavy atom. The van der Waals surface area contributed by atoms with Crippen LogP contribution in [0.15, 0.2) is 60.7 Å². The van der Waals surface area contributed by atoms with Crippen molar-refractivity contribution in [2.45, 2.75) is 51.9 Å². The predicted octanol–water partition coefficient (Wildman–Crippen LogP) is 3.85. The second-order valence-corrected chi connectivity index (χ2v) is 9.56. The van der Waals surface area contributed by atoms with Gasteiger partial charge in [0, 0.05) is 6.54 Å². The van der Waals surface area contributed by atoms with Gasteiger partial charge in [-0.1, -0.05) is 60.7 Å². The van der Waals surface area contributed by atoms with Gasteiger partial charge in [-0.15, -0.1) is 0 Å². The van der Waals surface area contributed by atoms with Gasteiger partial charge in [0.05, 0.1) is 18.4 Å². The van der Waals surface area contributed by atoms with E-state index in [0.717, 1.165) is 16.0 Å². The second kappa shape index (κ2) is 12.2. The molecular weight excluding hydrogens is 464 g/mol. The van der Waals surface area contributed by atoms with Gasteiger partial charge in [0.15, 0.2) is 0 Å². The fourth-order valence-corrected chi connectivity index (χ4v) is 3.78. The van der Waals surface area contributed by atoms with Crippen molar-refractivity contribution in [2.24, 2.45) is 5.92 Å². The van der Waals surface area contributed by atoms with Gasteiger partial charge in [-0.2, -0.15) is 0 Å². The summed E-state index contributed by atoms with van der Waals surface area (Å²) in [6.45, 7) is 5.03. The van der Waals surface area contributed by atoms with Crippen LogP contribution in [0.25, 0.3) is 0 Å². The van der Waals surface area contributed by atoms with Crippen molar-refractivity contribution in [3.63, 3.8) is 0 Å². The summed E-state index contributed by atoms with van der Waals surface area (Å²) in [5.74, 6) is -2.28. The van der Waals surface area contributed by atoms with E-state index in [0.29, 0.717) is 6.42 Å². The third kappa shape index (κ3) is 8.11. The van der Waals surface area contributed by atoms with Gasteiger partial charge in [0.1, 0.15) is 18.8 Å². The van der Waals surface area contributed by atoms with Gasteiger partial charge in [0.25, 0.3) is 0 Å². The van der Waals surface area contributed by atoms with E-state index in [1.165, 1.54) is 0 Å². The Kier molecular flexibility index (Phi) is 9.05. The Bertz CT molecular complexity index is 1050. The molecule has 0 aromatic heterocycles. The first-order chi connectivity index (χ1) is 17.1. The molecule has 2 aromatic rings. The van der Waals surface area contributed by atoms with Crippen LogP contribution in [0.4, 0.5) is 9.59 Å². The number of alkyl carbamates (subject to hydrolysis) is 1. The molecule has 1 saturated heterocycles. The SMILES string of the molecule is CC(C)(C)OC(=O)C[C@@H](CNC(=O)OCc1ccccc1)C(=O)N1C(=O)OC[C@H]1Cc1ccccc1. The summed E-state index contributed by atoms with van der Waals surface area (Å²) < 4.78 is 15.7. The van der Waals surface area contributed by atoms with Gasteiger partial charge in [0.2, 0.25) is 5.91 Å². The number of esters is 1. The molecule has 192 valence electrons. The minimum absolute atomic E-state index is 0.0468. The highest BCUT2D eigenvalue weighted by Crippen LogP contribution is 2.22. The summed E-state index contributed by atoms with van der Waals surface area (Å²) >= 11 is 0. The molecule has 36 heavy (non-hydrogen) atoms. The van der Waals surface area contributed by atoms with E-state index < -0.39 is 41.6 Å². The number of nitrogens with one attached hydrogen (secondary N) is 1. The van der Waals surface area contributed by atoms with Crippen LogP contribution < -0.4 is 5.32 Å². The maximum atomic E-state index is 13.5. The molecule has 1 fully saturated rings. The first-order valence-electron chi connectivity index (χ1n) is 11.8. The van der Waals surface area contributed by atoms with Crippen LogP contribution in [0.3, 0.4) is 0 Å². The van der Waals surface area contributed by atoms with Crippen molar-refractivity contribution in [1.29, 1.82) is 0 Å². The number of hydrogen-bond donors (Lipinski definition) is 1. The molecule has 9 nitrogen and oxygen atoms in total. The minimum Gasteiger partial charge on any atom is -0.460 e. The number of ether oxygens (including phenoxy) is 3. The highest BCUT2D eigenvalue weighted by atomic mass is 16.6. The topological polar surface area (TPSA) is 111 Å². The maximum absolute atomic E-state index is 13.5. The molecule has 3 amide bonds. The van der Waals surface area contributed by atoms with E-state index in [2.05, 4.69) is 5.32 Å². The van der Waals surface area contributed by atoms with E-state index in [1.807, 2.05) is 60.7 Å². The molecule has 2 aromatic carbocycles. The van der Waals surface area contributed by atoms with Crippen LogP contribution in [0.5, 0.6) is 0 Å². The van der Waals surface area contributed by atoms with E-state index >= 15 is 0 Å². The summed E-state index contributed by atoms with van der Waals surface area (Å²) in [4.78, 5) is 51.8. The number of hydrogen-bond acceptors (Lipinski definition) is 7. The molecule has 0 radical (unpaired) electrons. The Hall–Kier alpha value is -3.88. The summed E-state index contributed by atoms with van der Waals surface area (Å²) in [7, 11) is 0. The lowest BCUT2D eigenvalue weighted by molar-refractivity contribution is -0.158. The van der Waals surface area contributed by atoms with E-state index in [1.54, 1.807) is 20.8 Å². The van der Waals surface area contributed by atoms with E-state index in [-0.39, 0.29) is 26.2 Å². The molecule has 0 spiro atoms. The zero-order valence-corrected chi connectivity index (χ0v) is 20.8. The third-order valence-corrected chi connectivity index (χ3v) is 5.40. The number of benzene rings is 2. The summed E-state index contributed by atoms with van der Waals surface area (Å²) in [5, 5.41) is 2.54. The zero-order valence-electron chi connectivity index (χ0n) is 20.8. The van der Waals surface area contributed by atoms with Gasteiger partial charge < -0.3 is 19.5 Å². The third-order valence-electron chi connectivity index (χ3n) is 5.40. The highest BCUT2D eigenvalue weighted by Gasteiger charge is 2.41. The van der Waals surface area contributed by atoms with Crippen molar-refractivity contribution in [3.8, 4) is 0 Å². The molecule has 3 rings (SSSR count). The monoisotopic (exact) mass is 496 g/mol. The van der Waals surface area contributed by atoms with Gasteiger partial charge in [-0.25, -0.2) is 14.5 Å². The highest BCUT2D eigenvalue weighted by molar-refractivity contribution is 5.96. The predicted molar refractivity (Wildman–Crippen MR) is 131 cm³/mol. The Balaban J connectivity index is 1.68. The first-order valence-corrected chi connectivity index (χ1v) is 11.8. The van der Waals surface area contributed by atoms with Crippen molar-refractivity contribution in [3.05, 3.63) is 71.8 Å². The lowest BCUT2D eigenvalue weighted by atomic mass is 10.0. The van der Waals surface area contributed by atoms with Crippen LogP contribution in [-0.4, -0.2) is 53.8 Å². The smallest absolute Gasteiger partial charge is 0.416 e. The number of rotatable bonds is 9. The average molecular weight is 497 g/mol. The Morgan fingerprint density at radius 3 is 2.25 bits per heavy atom. The van der Waals surface area contributed by atoms with Crippen molar-refractivity contribution in [1.82, 2.24) is 10.2 Å².